The Hall–Kier alpha value is -0.560. The summed E-state index contributed by atoms with van der Waals surface area (Å²) < 4.78 is 12.4. The number of benzene rings is 1. The fraction of sp³-hybridized carbons (Fsp3) is 0.143. The van der Waals surface area contributed by atoms with Gasteiger partial charge in [0, 0.05) is 6.07 Å². The SMILES string of the molecule is Cc1c[c]c(Cl)c(F)c1. The van der Waals surface area contributed by atoms with Crippen molar-refractivity contribution in [1.82, 2.24) is 0 Å². The summed E-state index contributed by atoms with van der Waals surface area (Å²) in [5.74, 6) is -0.406. The van der Waals surface area contributed by atoms with Crippen LogP contribution in [0.15, 0.2) is 12.1 Å². The lowest BCUT2D eigenvalue weighted by Gasteiger charge is -1.92. The second-order valence-corrected chi connectivity index (χ2v) is 2.22. The highest BCUT2D eigenvalue weighted by molar-refractivity contribution is 6.30. The lowest BCUT2D eigenvalue weighted by Crippen LogP contribution is -1.77. The molecule has 1 aromatic rings. The van der Waals surface area contributed by atoms with Crippen LogP contribution in [-0.4, -0.2) is 0 Å². The zero-order valence-electron chi connectivity index (χ0n) is 4.91. The molecule has 0 heterocycles. The lowest BCUT2D eigenvalue weighted by molar-refractivity contribution is 0.627. The number of hydrogen-bond donors (Lipinski definition) is 0. The maximum atomic E-state index is 12.4. The molecule has 0 aromatic heterocycles. The molecule has 0 fully saturated rings. The first-order valence-electron chi connectivity index (χ1n) is 2.53. The largest absolute Gasteiger partial charge is 0.205 e. The molecule has 0 amide bonds. The molecule has 0 bridgehead atoms. The van der Waals surface area contributed by atoms with Gasteiger partial charge < -0.3 is 0 Å². The molecular weight excluding hydrogens is 139 g/mol. The van der Waals surface area contributed by atoms with Crippen LogP contribution in [0.1, 0.15) is 5.56 Å². The maximum absolute atomic E-state index is 12.4. The molecule has 47 valence electrons. The lowest BCUT2D eigenvalue weighted by atomic mass is 10.2. The molecule has 0 aliphatic heterocycles. The van der Waals surface area contributed by atoms with Crippen molar-refractivity contribution < 1.29 is 4.39 Å². The van der Waals surface area contributed by atoms with E-state index in [4.69, 9.17) is 11.6 Å². The standard InChI is InChI=1S/C7H5ClF/c1-5-2-3-6(8)7(9)4-5/h2,4H,1H3. The van der Waals surface area contributed by atoms with E-state index in [0.717, 1.165) is 5.56 Å². The number of hydrogen-bond acceptors (Lipinski definition) is 0. The summed E-state index contributed by atoms with van der Waals surface area (Å²) >= 11 is 5.35. The molecule has 0 nitrogen and oxygen atoms in total. The van der Waals surface area contributed by atoms with Crippen LogP contribution < -0.4 is 0 Å². The van der Waals surface area contributed by atoms with Crippen molar-refractivity contribution in [2.45, 2.75) is 6.92 Å². The third-order valence-corrected chi connectivity index (χ3v) is 1.28. The smallest absolute Gasteiger partial charge is 0.142 e. The van der Waals surface area contributed by atoms with Crippen molar-refractivity contribution in [3.8, 4) is 0 Å². The minimum absolute atomic E-state index is 0.0561. The number of aryl methyl sites for hydroxylation is 1. The summed E-state index contributed by atoms with van der Waals surface area (Å²) in [5, 5.41) is 0.0561. The van der Waals surface area contributed by atoms with Gasteiger partial charge in [0.15, 0.2) is 0 Å². The van der Waals surface area contributed by atoms with Crippen LogP contribution in [0.5, 0.6) is 0 Å². The Morgan fingerprint density at radius 3 is 2.78 bits per heavy atom. The summed E-state index contributed by atoms with van der Waals surface area (Å²) in [4.78, 5) is 0. The van der Waals surface area contributed by atoms with E-state index in [-0.39, 0.29) is 5.02 Å². The van der Waals surface area contributed by atoms with Crippen molar-refractivity contribution in [3.05, 3.63) is 34.6 Å². The number of halogens is 2. The quantitative estimate of drug-likeness (QED) is 0.524. The third kappa shape index (κ3) is 1.42. The molecular formula is C7H5ClF. The molecule has 0 N–H and O–H groups in total. The van der Waals surface area contributed by atoms with Crippen molar-refractivity contribution in [2.24, 2.45) is 0 Å². The number of rotatable bonds is 0. The predicted molar refractivity (Wildman–Crippen MR) is 35.0 cm³/mol. The first-order chi connectivity index (χ1) is 4.20. The van der Waals surface area contributed by atoms with Crippen LogP contribution >= 0.6 is 11.6 Å². The average molecular weight is 144 g/mol. The summed E-state index contributed by atoms with van der Waals surface area (Å²) in [7, 11) is 0. The molecule has 0 saturated carbocycles. The van der Waals surface area contributed by atoms with E-state index in [1.54, 1.807) is 13.0 Å². The Morgan fingerprint density at radius 2 is 2.33 bits per heavy atom. The molecule has 0 spiro atoms. The fourth-order valence-corrected chi connectivity index (χ4v) is 0.660. The highest BCUT2D eigenvalue weighted by Gasteiger charge is 1.96. The Labute approximate surface area is 58.3 Å². The highest BCUT2D eigenvalue weighted by atomic mass is 35.5. The summed E-state index contributed by atoms with van der Waals surface area (Å²) in [6.07, 6.45) is 0. The van der Waals surface area contributed by atoms with Crippen molar-refractivity contribution >= 4 is 11.6 Å². The average Bonchev–Trinajstić information content (AvgIpc) is 1.80. The van der Waals surface area contributed by atoms with Crippen LogP contribution in [0.2, 0.25) is 5.02 Å². The van der Waals surface area contributed by atoms with Gasteiger partial charge in [-0.15, -0.1) is 0 Å². The first kappa shape index (κ1) is 6.56. The van der Waals surface area contributed by atoms with Crippen LogP contribution in [0.25, 0.3) is 0 Å². The Morgan fingerprint density at radius 1 is 1.67 bits per heavy atom. The van der Waals surface area contributed by atoms with Crippen LogP contribution in [-0.2, 0) is 0 Å². The van der Waals surface area contributed by atoms with E-state index in [2.05, 4.69) is 6.07 Å². The molecule has 1 rings (SSSR count). The van der Waals surface area contributed by atoms with E-state index < -0.39 is 5.82 Å². The minimum atomic E-state index is -0.406. The zero-order chi connectivity index (χ0) is 6.85. The van der Waals surface area contributed by atoms with Crippen LogP contribution in [0.3, 0.4) is 0 Å². The molecule has 0 aliphatic carbocycles. The van der Waals surface area contributed by atoms with E-state index in [0.29, 0.717) is 0 Å². The Balaban J connectivity index is 3.17. The molecule has 0 saturated heterocycles. The van der Waals surface area contributed by atoms with Crippen molar-refractivity contribution in [2.75, 3.05) is 0 Å². The molecule has 0 unspecified atom stereocenters. The van der Waals surface area contributed by atoms with Crippen molar-refractivity contribution in [3.63, 3.8) is 0 Å². The van der Waals surface area contributed by atoms with Crippen LogP contribution in [0.4, 0.5) is 4.39 Å². The van der Waals surface area contributed by atoms with Gasteiger partial charge in [-0.3, -0.25) is 0 Å². The van der Waals surface area contributed by atoms with Crippen LogP contribution in [0, 0.1) is 18.8 Å². The maximum Gasteiger partial charge on any atom is 0.142 e. The van der Waals surface area contributed by atoms with E-state index in [9.17, 15) is 4.39 Å². The predicted octanol–water partition coefficient (Wildman–Crippen LogP) is 2.59. The van der Waals surface area contributed by atoms with Gasteiger partial charge in [-0.1, -0.05) is 11.6 Å². The van der Waals surface area contributed by atoms with Gasteiger partial charge in [-0.25, -0.2) is 4.39 Å². The molecule has 0 atom stereocenters. The summed E-state index contributed by atoms with van der Waals surface area (Å²) in [6.45, 7) is 1.79. The molecule has 9 heavy (non-hydrogen) atoms. The molecule has 0 aliphatic rings. The van der Waals surface area contributed by atoms with Crippen molar-refractivity contribution in [1.29, 1.82) is 0 Å². The van der Waals surface area contributed by atoms with Gasteiger partial charge in [0.2, 0.25) is 0 Å². The highest BCUT2D eigenvalue weighted by Crippen LogP contribution is 2.13. The Bertz CT molecular complexity index is 220. The summed E-state index contributed by atoms with van der Waals surface area (Å²) in [5.41, 5.74) is 0.830. The van der Waals surface area contributed by atoms with Gasteiger partial charge in [0.1, 0.15) is 5.82 Å². The fourth-order valence-electron chi connectivity index (χ4n) is 0.551. The molecule has 2 heteroatoms. The normalized spacial score (nSPS) is 9.67. The van der Waals surface area contributed by atoms with Gasteiger partial charge in [0.05, 0.1) is 5.02 Å². The van der Waals surface area contributed by atoms with Gasteiger partial charge >= 0.3 is 0 Å². The van der Waals surface area contributed by atoms with E-state index in [1.807, 2.05) is 0 Å². The summed E-state index contributed by atoms with van der Waals surface area (Å²) in [6, 6.07) is 5.58. The second kappa shape index (κ2) is 2.36. The molecule has 1 aromatic carbocycles. The van der Waals surface area contributed by atoms with E-state index in [1.165, 1.54) is 6.07 Å². The second-order valence-electron chi connectivity index (χ2n) is 1.84. The molecule has 1 radical (unpaired) electrons. The third-order valence-electron chi connectivity index (χ3n) is 0.991. The van der Waals surface area contributed by atoms with Gasteiger partial charge in [-0.05, 0) is 24.6 Å². The van der Waals surface area contributed by atoms with Gasteiger partial charge in [-0.2, -0.15) is 0 Å². The minimum Gasteiger partial charge on any atom is -0.205 e. The topological polar surface area (TPSA) is 0 Å². The van der Waals surface area contributed by atoms with E-state index >= 15 is 0 Å². The Kier molecular flexibility index (Phi) is 1.72. The zero-order valence-corrected chi connectivity index (χ0v) is 5.67. The monoisotopic (exact) mass is 143 g/mol. The first-order valence-corrected chi connectivity index (χ1v) is 2.91. The van der Waals surface area contributed by atoms with Gasteiger partial charge in [0.25, 0.3) is 0 Å².